The summed E-state index contributed by atoms with van der Waals surface area (Å²) in [5.74, 6) is 0.661. The van der Waals surface area contributed by atoms with Gasteiger partial charge in [0.1, 0.15) is 5.82 Å². The molecule has 1 fully saturated rings. The van der Waals surface area contributed by atoms with Crippen molar-refractivity contribution >= 4 is 29.0 Å². The van der Waals surface area contributed by atoms with Gasteiger partial charge in [0, 0.05) is 16.6 Å². The molecule has 1 aromatic carbocycles. The van der Waals surface area contributed by atoms with E-state index in [4.69, 9.17) is 11.6 Å². The molecule has 1 amide bonds. The summed E-state index contributed by atoms with van der Waals surface area (Å²) < 4.78 is 0. The smallest absolute Gasteiger partial charge is 0.255 e. The van der Waals surface area contributed by atoms with Crippen molar-refractivity contribution in [2.75, 3.05) is 10.6 Å². The topological polar surface area (TPSA) is 54.0 Å². The summed E-state index contributed by atoms with van der Waals surface area (Å²) in [6.07, 6.45) is 6.64. The normalized spacial score (nSPS) is 14.8. The maximum Gasteiger partial charge on any atom is 0.255 e. The van der Waals surface area contributed by atoms with E-state index in [1.807, 2.05) is 12.1 Å². The molecule has 0 atom stereocenters. The van der Waals surface area contributed by atoms with Crippen molar-refractivity contribution in [1.29, 1.82) is 0 Å². The number of pyridine rings is 1. The number of carbonyl (C=O) groups is 1. The Bertz CT molecular complexity index is 651. The molecule has 1 heterocycles. The van der Waals surface area contributed by atoms with E-state index in [-0.39, 0.29) is 5.91 Å². The number of rotatable bonds is 4. The highest BCUT2D eigenvalue weighted by Crippen LogP contribution is 2.22. The molecular formula is C17H18ClN3O. The number of carbonyl (C=O) groups excluding carboxylic acids is 1. The van der Waals surface area contributed by atoms with Crippen LogP contribution in [0.4, 0.5) is 11.5 Å². The lowest BCUT2D eigenvalue weighted by molar-refractivity contribution is 0.102. The highest BCUT2D eigenvalue weighted by Gasteiger charge is 2.14. The highest BCUT2D eigenvalue weighted by molar-refractivity contribution is 6.31. The van der Waals surface area contributed by atoms with Crippen LogP contribution in [-0.2, 0) is 0 Å². The van der Waals surface area contributed by atoms with Gasteiger partial charge in [-0.05, 0) is 43.2 Å². The van der Waals surface area contributed by atoms with Crippen LogP contribution in [0.3, 0.4) is 0 Å². The second-order valence-corrected chi connectivity index (χ2v) is 5.96. The minimum Gasteiger partial charge on any atom is -0.367 e. The molecule has 1 aromatic heterocycles. The van der Waals surface area contributed by atoms with Gasteiger partial charge < -0.3 is 10.6 Å². The summed E-state index contributed by atoms with van der Waals surface area (Å²) in [6.45, 7) is 0. The first kappa shape index (κ1) is 14.9. The van der Waals surface area contributed by atoms with E-state index in [2.05, 4.69) is 15.6 Å². The van der Waals surface area contributed by atoms with E-state index in [1.54, 1.807) is 30.5 Å². The van der Waals surface area contributed by atoms with Gasteiger partial charge in [-0.2, -0.15) is 0 Å². The quantitative estimate of drug-likeness (QED) is 0.882. The van der Waals surface area contributed by atoms with Gasteiger partial charge in [-0.1, -0.05) is 30.5 Å². The second kappa shape index (κ2) is 6.79. The molecule has 3 rings (SSSR count). The SMILES string of the molecule is O=C(Nc1ccc(NC2CCCC2)nc1)c1cccc(Cl)c1. The number of hydrogen-bond acceptors (Lipinski definition) is 3. The zero-order valence-electron chi connectivity index (χ0n) is 12.2. The van der Waals surface area contributed by atoms with Gasteiger partial charge in [0.25, 0.3) is 5.91 Å². The molecule has 1 saturated carbocycles. The van der Waals surface area contributed by atoms with Crippen LogP contribution in [0.5, 0.6) is 0 Å². The fraction of sp³-hybridized carbons (Fsp3) is 0.294. The van der Waals surface area contributed by atoms with Crippen molar-refractivity contribution in [3.63, 3.8) is 0 Å². The zero-order chi connectivity index (χ0) is 15.4. The summed E-state index contributed by atoms with van der Waals surface area (Å²) in [6, 6.07) is 11.1. The number of amides is 1. The average Bonchev–Trinajstić information content (AvgIpc) is 3.02. The maximum absolute atomic E-state index is 12.1. The van der Waals surface area contributed by atoms with Crippen LogP contribution in [0, 0.1) is 0 Å². The standard InChI is InChI=1S/C17H18ClN3O/c18-13-5-3-4-12(10-13)17(22)21-15-8-9-16(19-11-15)20-14-6-1-2-7-14/h3-5,8-11,14H,1-2,6-7H2,(H,19,20)(H,21,22). The van der Waals surface area contributed by atoms with Gasteiger partial charge in [-0.15, -0.1) is 0 Å². The van der Waals surface area contributed by atoms with E-state index >= 15 is 0 Å². The van der Waals surface area contributed by atoms with Gasteiger partial charge in [-0.3, -0.25) is 4.79 Å². The number of hydrogen-bond donors (Lipinski definition) is 2. The van der Waals surface area contributed by atoms with Crippen molar-refractivity contribution in [1.82, 2.24) is 4.98 Å². The first-order valence-electron chi connectivity index (χ1n) is 7.50. The predicted octanol–water partition coefficient (Wildman–Crippen LogP) is 4.34. The average molecular weight is 316 g/mol. The lowest BCUT2D eigenvalue weighted by Gasteiger charge is -2.13. The van der Waals surface area contributed by atoms with E-state index < -0.39 is 0 Å². The van der Waals surface area contributed by atoms with Gasteiger partial charge in [0.2, 0.25) is 0 Å². The molecule has 2 aromatic rings. The molecule has 0 aliphatic heterocycles. The summed E-state index contributed by atoms with van der Waals surface area (Å²) >= 11 is 5.89. The van der Waals surface area contributed by atoms with E-state index in [0.717, 1.165) is 5.82 Å². The van der Waals surface area contributed by atoms with Crippen molar-refractivity contribution in [3.8, 4) is 0 Å². The van der Waals surface area contributed by atoms with Gasteiger partial charge >= 0.3 is 0 Å². The number of halogens is 1. The van der Waals surface area contributed by atoms with Crippen molar-refractivity contribution < 1.29 is 4.79 Å². The largest absolute Gasteiger partial charge is 0.367 e. The lowest BCUT2D eigenvalue weighted by atomic mass is 10.2. The summed E-state index contributed by atoms with van der Waals surface area (Å²) in [7, 11) is 0. The van der Waals surface area contributed by atoms with E-state index in [0.29, 0.717) is 22.3 Å². The molecule has 0 saturated heterocycles. The Morgan fingerprint density at radius 1 is 1.18 bits per heavy atom. The van der Waals surface area contributed by atoms with Crippen molar-refractivity contribution in [3.05, 3.63) is 53.2 Å². The zero-order valence-corrected chi connectivity index (χ0v) is 12.9. The molecule has 2 N–H and O–H groups in total. The molecule has 1 aliphatic rings. The third-order valence-corrected chi connectivity index (χ3v) is 4.05. The molecule has 22 heavy (non-hydrogen) atoms. The Kier molecular flexibility index (Phi) is 4.59. The van der Waals surface area contributed by atoms with Crippen LogP contribution in [0.25, 0.3) is 0 Å². The third kappa shape index (κ3) is 3.77. The van der Waals surface area contributed by atoms with Crippen molar-refractivity contribution in [2.45, 2.75) is 31.7 Å². The third-order valence-electron chi connectivity index (χ3n) is 3.82. The Hall–Kier alpha value is -2.07. The monoisotopic (exact) mass is 315 g/mol. The Labute approximate surface area is 134 Å². The van der Waals surface area contributed by atoms with Crippen LogP contribution in [0.2, 0.25) is 5.02 Å². The van der Waals surface area contributed by atoms with Crippen LogP contribution >= 0.6 is 11.6 Å². The van der Waals surface area contributed by atoms with Crippen LogP contribution in [-0.4, -0.2) is 16.9 Å². The summed E-state index contributed by atoms with van der Waals surface area (Å²) in [4.78, 5) is 16.5. The Balaban J connectivity index is 1.61. The van der Waals surface area contributed by atoms with Crippen molar-refractivity contribution in [2.24, 2.45) is 0 Å². The van der Waals surface area contributed by atoms with Gasteiger partial charge in [0.05, 0.1) is 11.9 Å². The Morgan fingerprint density at radius 3 is 2.68 bits per heavy atom. The predicted molar refractivity (Wildman–Crippen MR) is 89.5 cm³/mol. The highest BCUT2D eigenvalue weighted by atomic mass is 35.5. The first-order chi connectivity index (χ1) is 10.7. The molecule has 0 spiro atoms. The number of nitrogens with zero attached hydrogens (tertiary/aromatic N) is 1. The molecule has 4 nitrogen and oxygen atoms in total. The number of anilines is 2. The number of nitrogens with one attached hydrogen (secondary N) is 2. The van der Waals surface area contributed by atoms with Gasteiger partial charge in [0.15, 0.2) is 0 Å². The Morgan fingerprint density at radius 2 is 2.00 bits per heavy atom. The van der Waals surface area contributed by atoms with Crippen LogP contribution in [0.1, 0.15) is 36.0 Å². The fourth-order valence-electron chi connectivity index (χ4n) is 2.67. The minimum atomic E-state index is -0.194. The molecule has 0 unspecified atom stereocenters. The van der Waals surface area contributed by atoms with Crippen LogP contribution in [0.15, 0.2) is 42.6 Å². The minimum absolute atomic E-state index is 0.194. The lowest BCUT2D eigenvalue weighted by Crippen LogP contribution is -2.16. The fourth-order valence-corrected chi connectivity index (χ4v) is 2.86. The molecule has 5 heteroatoms. The molecule has 0 bridgehead atoms. The number of aromatic nitrogens is 1. The van der Waals surface area contributed by atoms with Crippen LogP contribution < -0.4 is 10.6 Å². The van der Waals surface area contributed by atoms with Gasteiger partial charge in [-0.25, -0.2) is 4.98 Å². The molecule has 0 radical (unpaired) electrons. The summed E-state index contributed by atoms with van der Waals surface area (Å²) in [5, 5.41) is 6.78. The molecule has 1 aliphatic carbocycles. The second-order valence-electron chi connectivity index (χ2n) is 5.52. The molecule has 114 valence electrons. The summed E-state index contributed by atoms with van der Waals surface area (Å²) in [5.41, 5.74) is 1.20. The first-order valence-corrected chi connectivity index (χ1v) is 7.88. The maximum atomic E-state index is 12.1. The number of benzene rings is 1. The van der Waals surface area contributed by atoms with E-state index in [1.165, 1.54) is 25.7 Å². The van der Waals surface area contributed by atoms with E-state index in [9.17, 15) is 4.79 Å². The molecular weight excluding hydrogens is 298 g/mol.